The molecule has 202 valence electrons. The maximum atomic E-state index is 13.1. The first kappa shape index (κ1) is 29.7. The maximum Gasteiger partial charge on any atom is 0.337 e. The number of carbonyl (C=O) groups is 4. The van der Waals surface area contributed by atoms with Gasteiger partial charge in [0.05, 0.1) is 30.3 Å². The van der Waals surface area contributed by atoms with Gasteiger partial charge in [-0.15, -0.1) is 0 Å². The number of aliphatic hydroxyl groups excluding tert-OH is 2. The Balaban J connectivity index is 2.34. The van der Waals surface area contributed by atoms with Gasteiger partial charge in [0.2, 0.25) is 0 Å². The first-order valence-corrected chi connectivity index (χ1v) is 11.9. The van der Waals surface area contributed by atoms with Gasteiger partial charge in [0.25, 0.3) is 0 Å². The van der Waals surface area contributed by atoms with Crippen molar-refractivity contribution in [3.05, 3.63) is 58.7 Å². The Bertz CT molecular complexity index is 1050. The number of hydrogen-bond acceptors (Lipinski definition) is 10. The number of fused-ring (bicyclic) bond motifs is 1. The molecule has 37 heavy (non-hydrogen) atoms. The van der Waals surface area contributed by atoms with E-state index in [1.54, 1.807) is 19.9 Å². The van der Waals surface area contributed by atoms with Crippen molar-refractivity contribution in [2.75, 3.05) is 19.8 Å². The Morgan fingerprint density at radius 1 is 1.16 bits per heavy atom. The highest BCUT2D eigenvalue weighted by Crippen LogP contribution is 2.36. The van der Waals surface area contributed by atoms with Gasteiger partial charge in [-0.25, -0.2) is 14.4 Å². The zero-order valence-corrected chi connectivity index (χ0v) is 21.5. The van der Waals surface area contributed by atoms with E-state index in [9.17, 15) is 29.4 Å². The average molecular weight is 519 g/mol. The van der Waals surface area contributed by atoms with Crippen molar-refractivity contribution >= 4 is 23.9 Å². The molecule has 1 fully saturated rings. The van der Waals surface area contributed by atoms with Gasteiger partial charge in [-0.3, -0.25) is 4.79 Å². The molecule has 2 N–H and O–H groups in total. The lowest BCUT2D eigenvalue weighted by atomic mass is 9.85. The largest absolute Gasteiger partial charge is 0.458 e. The molecule has 0 unspecified atom stereocenters. The Hall–Kier alpha value is -3.50. The second kappa shape index (κ2) is 13.7. The summed E-state index contributed by atoms with van der Waals surface area (Å²) in [5.41, 5.74) is 1.51. The van der Waals surface area contributed by atoms with Crippen LogP contribution in [0.25, 0.3) is 0 Å². The van der Waals surface area contributed by atoms with E-state index in [4.69, 9.17) is 18.9 Å². The summed E-state index contributed by atoms with van der Waals surface area (Å²) in [4.78, 5) is 49.2. The predicted octanol–water partition coefficient (Wildman–Crippen LogP) is 2.01. The smallest absolute Gasteiger partial charge is 0.337 e. The maximum absolute atomic E-state index is 13.1. The lowest BCUT2D eigenvalue weighted by molar-refractivity contribution is -0.149. The van der Waals surface area contributed by atoms with Gasteiger partial charge < -0.3 is 29.2 Å². The van der Waals surface area contributed by atoms with Crippen molar-refractivity contribution in [1.29, 1.82) is 0 Å². The Morgan fingerprint density at radius 2 is 1.86 bits per heavy atom. The third-order valence-corrected chi connectivity index (χ3v) is 6.11. The lowest BCUT2D eigenvalue weighted by Gasteiger charge is -2.28. The van der Waals surface area contributed by atoms with Crippen LogP contribution in [0.5, 0.6) is 0 Å². The summed E-state index contributed by atoms with van der Waals surface area (Å²) in [5.74, 6) is -3.47. The van der Waals surface area contributed by atoms with Crippen LogP contribution >= 0.6 is 0 Å². The van der Waals surface area contributed by atoms with E-state index in [1.165, 1.54) is 13.0 Å². The topological polar surface area (TPSA) is 146 Å². The fourth-order valence-electron chi connectivity index (χ4n) is 4.06. The van der Waals surface area contributed by atoms with Crippen LogP contribution in [0.1, 0.15) is 40.5 Å². The number of ether oxygens (including phenoxy) is 4. The molecule has 1 heterocycles. The molecule has 1 aliphatic heterocycles. The standard InChI is InChI=1S/C27H34O10/c1-6-19(13-29)26(32)34-14-20(9-10-28)27(33)37-22-11-15(2)7-8-21(35-18(5)30)16(3)12-23-24(22)17(4)25(31)36-23/h6-7,9,12,21-24,28-29H,4,8,10-11,13-14H2,1-3,5H3/b15-7+,16-12-,19-6-,20-9-/t21-,22+,23-,24+/m0/s1. The van der Waals surface area contributed by atoms with E-state index in [2.05, 4.69) is 6.58 Å². The molecule has 10 nitrogen and oxygen atoms in total. The molecule has 0 bridgehead atoms. The minimum absolute atomic E-state index is 0.0137. The quantitative estimate of drug-likeness (QED) is 0.212. The van der Waals surface area contributed by atoms with Gasteiger partial charge in [0.15, 0.2) is 0 Å². The minimum atomic E-state index is -0.872. The zero-order chi connectivity index (χ0) is 27.7. The number of rotatable bonds is 8. The Labute approximate surface area is 215 Å². The van der Waals surface area contributed by atoms with Gasteiger partial charge in [0.1, 0.15) is 24.9 Å². The third kappa shape index (κ3) is 7.99. The highest BCUT2D eigenvalue weighted by Gasteiger charge is 2.45. The molecule has 10 heteroatoms. The molecule has 0 aromatic carbocycles. The van der Waals surface area contributed by atoms with Crippen molar-refractivity contribution in [3.8, 4) is 0 Å². The van der Waals surface area contributed by atoms with E-state index in [0.717, 1.165) is 11.6 Å². The van der Waals surface area contributed by atoms with Crippen molar-refractivity contribution < 1.29 is 48.3 Å². The van der Waals surface area contributed by atoms with E-state index < -0.39 is 67.9 Å². The average Bonchev–Trinajstić information content (AvgIpc) is 3.11. The summed E-state index contributed by atoms with van der Waals surface area (Å²) < 4.78 is 21.8. The van der Waals surface area contributed by atoms with Crippen LogP contribution in [0, 0.1) is 5.92 Å². The zero-order valence-electron chi connectivity index (χ0n) is 21.5. The summed E-state index contributed by atoms with van der Waals surface area (Å²) in [7, 11) is 0. The summed E-state index contributed by atoms with van der Waals surface area (Å²) in [6, 6.07) is 0. The highest BCUT2D eigenvalue weighted by atomic mass is 16.6. The second-order valence-electron chi connectivity index (χ2n) is 8.82. The molecule has 0 spiro atoms. The first-order chi connectivity index (χ1) is 17.5. The summed E-state index contributed by atoms with van der Waals surface area (Å²) in [6.07, 6.45) is 4.45. The Morgan fingerprint density at radius 3 is 2.46 bits per heavy atom. The van der Waals surface area contributed by atoms with Crippen molar-refractivity contribution in [1.82, 2.24) is 0 Å². The SMILES string of the molecule is C=C1C(=O)O[C@H]2/C=C(/C)[C@@H](OC(C)=O)C/C=C(\C)C[C@@H](OC(=O)/C(=C\CO)COC(=O)/C(=C\C)CO)[C@@H]12. The molecule has 1 aliphatic carbocycles. The van der Waals surface area contributed by atoms with Gasteiger partial charge in [-0.1, -0.05) is 24.3 Å². The number of hydrogen-bond donors (Lipinski definition) is 2. The normalized spacial score (nSPS) is 27.6. The molecule has 2 aliphatic rings. The molecule has 0 radical (unpaired) electrons. The van der Waals surface area contributed by atoms with Crippen LogP contribution in [0.15, 0.2) is 58.7 Å². The van der Waals surface area contributed by atoms with Crippen LogP contribution in [0.2, 0.25) is 0 Å². The molecule has 1 saturated heterocycles. The molecular formula is C27H34O10. The third-order valence-electron chi connectivity index (χ3n) is 6.11. The van der Waals surface area contributed by atoms with E-state index in [0.29, 0.717) is 12.0 Å². The molecule has 2 rings (SSSR count). The highest BCUT2D eigenvalue weighted by molar-refractivity contribution is 5.93. The number of aliphatic hydroxyl groups is 2. The van der Waals surface area contributed by atoms with Crippen LogP contribution in [0.4, 0.5) is 0 Å². The van der Waals surface area contributed by atoms with Crippen LogP contribution in [-0.2, 0) is 38.1 Å². The van der Waals surface area contributed by atoms with Gasteiger partial charge >= 0.3 is 23.9 Å². The van der Waals surface area contributed by atoms with Crippen molar-refractivity contribution in [2.45, 2.75) is 58.8 Å². The molecule has 0 aromatic rings. The summed E-state index contributed by atoms with van der Waals surface area (Å²) in [5, 5.41) is 18.6. The molecule has 0 amide bonds. The fraction of sp³-hybridized carbons (Fsp3) is 0.481. The molecule has 4 atom stereocenters. The van der Waals surface area contributed by atoms with Gasteiger partial charge in [0, 0.05) is 25.3 Å². The van der Waals surface area contributed by atoms with Gasteiger partial charge in [-0.05, 0) is 38.5 Å². The number of allylic oxidation sites excluding steroid dienone is 1. The van der Waals surface area contributed by atoms with Gasteiger partial charge in [-0.2, -0.15) is 0 Å². The lowest BCUT2D eigenvalue weighted by Crippen LogP contribution is -2.35. The molecular weight excluding hydrogens is 484 g/mol. The molecule has 0 aromatic heterocycles. The monoisotopic (exact) mass is 518 g/mol. The first-order valence-electron chi connectivity index (χ1n) is 11.9. The van der Waals surface area contributed by atoms with Crippen molar-refractivity contribution in [2.24, 2.45) is 5.92 Å². The minimum Gasteiger partial charge on any atom is -0.458 e. The van der Waals surface area contributed by atoms with E-state index in [1.807, 2.05) is 13.0 Å². The van der Waals surface area contributed by atoms with Crippen LogP contribution in [0.3, 0.4) is 0 Å². The van der Waals surface area contributed by atoms with Crippen molar-refractivity contribution in [3.63, 3.8) is 0 Å². The predicted molar refractivity (Wildman–Crippen MR) is 132 cm³/mol. The summed E-state index contributed by atoms with van der Waals surface area (Å²) in [6.45, 7) is 8.76. The summed E-state index contributed by atoms with van der Waals surface area (Å²) >= 11 is 0. The second-order valence-corrected chi connectivity index (χ2v) is 8.82. The van der Waals surface area contributed by atoms with E-state index >= 15 is 0 Å². The Kier molecular flexibility index (Phi) is 11.0. The van der Waals surface area contributed by atoms with Crippen LogP contribution in [-0.4, -0.2) is 72.2 Å². The van der Waals surface area contributed by atoms with Crippen LogP contribution < -0.4 is 0 Å². The number of esters is 4. The fourth-order valence-corrected chi connectivity index (χ4v) is 4.06. The molecule has 0 saturated carbocycles. The van der Waals surface area contributed by atoms with E-state index in [-0.39, 0.29) is 23.1 Å². The number of carbonyl (C=O) groups excluding carboxylic acids is 4.